The van der Waals surface area contributed by atoms with E-state index in [0.29, 0.717) is 31.3 Å². The van der Waals surface area contributed by atoms with E-state index < -0.39 is 21.6 Å². The van der Waals surface area contributed by atoms with Crippen molar-refractivity contribution in [1.82, 2.24) is 4.98 Å². The van der Waals surface area contributed by atoms with Gasteiger partial charge in [-0.1, -0.05) is 6.07 Å². The minimum atomic E-state index is -4.55. The number of H-pyrrole nitrogens is 1. The number of aromatic nitrogens is 1. The van der Waals surface area contributed by atoms with E-state index in [9.17, 15) is 21.6 Å². The molecule has 1 N–H and O–H groups in total. The van der Waals surface area contributed by atoms with Gasteiger partial charge in [-0.25, -0.2) is 8.42 Å². The molecule has 160 valence electrons. The number of hydrogen-bond acceptors (Lipinski definition) is 3. The highest BCUT2D eigenvalue weighted by atomic mass is 79.9. The number of nitrogens with one attached hydrogen (secondary N) is 1. The van der Waals surface area contributed by atoms with E-state index in [0.717, 1.165) is 24.3 Å². The molecule has 0 aliphatic rings. The molecule has 3 aromatic carbocycles. The first-order valence-electron chi connectivity index (χ1n) is 8.73. The first kappa shape index (κ1) is 21.9. The molecule has 31 heavy (non-hydrogen) atoms. The predicted octanol–water partition coefficient (Wildman–Crippen LogP) is 7.34. The highest BCUT2D eigenvalue weighted by Crippen LogP contribution is 2.38. The van der Waals surface area contributed by atoms with Gasteiger partial charge in [0.2, 0.25) is 9.84 Å². The number of halogens is 5. The summed E-state index contributed by atoms with van der Waals surface area (Å²) in [6.45, 7) is 0. The minimum absolute atomic E-state index is 0.0566. The summed E-state index contributed by atoms with van der Waals surface area (Å²) in [5.41, 5.74) is -0.371. The van der Waals surface area contributed by atoms with Crippen LogP contribution in [0.2, 0.25) is 0 Å². The number of aromatic amines is 1. The molecule has 0 radical (unpaired) electrons. The third-order valence-corrected chi connectivity index (χ3v) is 7.59. The van der Waals surface area contributed by atoms with Crippen molar-refractivity contribution in [2.45, 2.75) is 16.0 Å². The highest BCUT2D eigenvalue weighted by Gasteiger charge is 2.31. The van der Waals surface area contributed by atoms with Crippen LogP contribution in [0, 0.1) is 0 Å². The molecular formula is C21H12Br2F3NO3S. The molecule has 0 unspecified atom stereocenters. The zero-order valence-corrected chi connectivity index (χ0v) is 19.4. The van der Waals surface area contributed by atoms with Crippen molar-refractivity contribution in [3.63, 3.8) is 0 Å². The van der Waals surface area contributed by atoms with Crippen LogP contribution in [0.15, 0.2) is 85.6 Å². The van der Waals surface area contributed by atoms with Gasteiger partial charge in [-0.05, 0) is 86.5 Å². The maximum absolute atomic E-state index is 13.1. The van der Waals surface area contributed by atoms with Crippen molar-refractivity contribution in [3.8, 4) is 11.5 Å². The summed E-state index contributed by atoms with van der Waals surface area (Å²) in [6, 6.07) is 13.7. The van der Waals surface area contributed by atoms with Crippen LogP contribution in [-0.2, 0) is 16.0 Å². The van der Waals surface area contributed by atoms with Gasteiger partial charge in [0.05, 0.1) is 24.3 Å². The number of alkyl halides is 3. The fourth-order valence-corrected chi connectivity index (χ4v) is 5.59. The fraction of sp³-hybridized carbons (Fsp3) is 0.0476. The van der Waals surface area contributed by atoms with Crippen molar-refractivity contribution >= 4 is 52.6 Å². The number of hydrogen-bond donors (Lipinski definition) is 1. The average molecular weight is 575 g/mol. The summed E-state index contributed by atoms with van der Waals surface area (Å²) in [4.78, 5) is 2.59. The fourth-order valence-electron chi connectivity index (χ4n) is 3.01. The summed E-state index contributed by atoms with van der Waals surface area (Å²) < 4.78 is 71.9. The van der Waals surface area contributed by atoms with E-state index in [-0.39, 0.29) is 9.79 Å². The molecule has 4 nitrogen and oxygen atoms in total. The zero-order valence-electron chi connectivity index (χ0n) is 15.4. The molecule has 0 spiro atoms. The van der Waals surface area contributed by atoms with E-state index in [4.69, 9.17) is 4.74 Å². The van der Waals surface area contributed by atoms with Crippen molar-refractivity contribution in [3.05, 3.63) is 81.4 Å². The van der Waals surface area contributed by atoms with Gasteiger partial charge < -0.3 is 9.72 Å². The Labute approximate surface area is 192 Å². The van der Waals surface area contributed by atoms with E-state index in [1.165, 1.54) is 6.20 Å². The van der Waals surface area contributed by atoms with E-state index in [2.05, 4.69) is 36.8 Å². The summed E-state index contributed by atoms with van der Waals surface area (Å²) >= 11 is 6.81. The van der Waals surface area contributed by atoms with Crippen LogP contribution < -0.4 is 4.74 Å². The number of fused-ring (bicyclic) bond motifs is 1. The number of benzene rings is 3. The molecule has 0 bridgehead atoms. The van der Waals surface area contributed by atoms with E-state index in [1.807, 2.05) is 6.07 Å². The van der Waals surface area contributed by atoms with Crippen LogP contribution >= 0.6 is 31.9 Å². The Balaban J connectivity index is 1.75. The zero-order chi connectivity index (χ0) is 22.4. The second kappa shape index (κ2) is 7.99. The molecule has 4 rings (SSSR count). The molecule has 0 atom stereocenters. The van der Waals surface area contributed by atoms with Crippen LogP contribution in [0.5, 0.6) is 11.5 Å². The molecule has 0 fully saturated rings. The predicted molar refractivity (Wildman–Crippen MR) is 117 cm³/mol. The molecule has 0 amide bonds. The topological polar surface area (TPSA) is 59.2 Å². The number of ether oxygens (including phenoxy) is 1. The van der Waals surface area contributed by atoms with Crippen molar-refractivity contribution < 1.29 is 26.3 Å². The number of sulfone groups is 1. The molecule has 4 aromatic rings. The molecular weight excluding hydrogens is 563 g/mol. The maximum atomic E-state index is 13.1. The molecule has 1 aromatic heterocycles. The van der Waals surface area contributed by atoms with E-state index >= 15 is 0 Å². The van der Waals surface area contributed by atoms with Crippen LogP contribution in [-0.4, -0.2) is 13.4 Å². The monoisotopic (exact) mass is 573 g/mol. The molecule has 0 saturated heterocycles. The first-order valence-corrected chi connectivity index (χ1v) is 11.8. The van der Waals surface area contributed by atoms with Gasteiger partial charge in [-0.3, -0.25) is 0 Å². The average Bonchev–Trinajstić information content (AvgIpc) is 3.14. The van der Waals surface area contributed by atoms with Crippen LogP contribution in [0.1, 0.15) is 5.56 Å². The van der Waals surface area contributed by atoms with Gasteiger partial charge in [0, 0.05) is 17.1 Å². The molecule has 10 heteroatoms. The second-order valence-electron chi connectivity index (χ2n) is 6.54. The van der Waals surface area contributed by atoms with Crippen LogP contribution in [0.25, 0.3) is 10.9 Å². The largest absolute Gasteiger partial charge is 0.455 e. The van der Waals surface area contributed by atoms with Crippen LogP contribution in [0.3, 0.4) is 0 Å². The molecule has 1 heterocycles. The van der Waals surface area contributed by atoms with Gasteiger partial charge >= 0.3 is 6.18 Å². The van der Waals surface area contributed by atoms with Gasteiger partial charge in [0.15, 0.2) is 5.75 Å². The number of para-hydroxylation sites is 1. The van der Waals surface area contributed by atoms with Crippen molar-refractivity contribution in [2.75, 3.05) is 0 Å². The lowest BCUT2D eigenvalue weighted by Gasteiger charge is -2.10. The van der Waals surface area contributed by atoms with Gasteiger partial charge in [0.1, 0.15) is 5.75 Å². The summed E-state index contributed by atoms with van der Waals surface area (Å²) in [5, 5.41) is 0.362. The third kappa shape index (κ3) is 4.24. The van der Waals surface area contributed by atoms with E-state index in [1.54, 1.807) is 30.3 Å². The van der Waals surface area contributed by atoms with Gasteiger partial charge in [0.25, 0.3) is 0 Å². The smallest absolute Gasteiger partial charge is 0.416 e. The quantitative estimate of drug-likeness (QED) is 0.277. The van der Waals surface area contributed by atoms with Crippen molar-refractivity contribution in [2.24, 2.45) is 0 Å². The number of rotatable bonds is 4. The Kier molecular flexibility index (Phi) is 5.65. The standard InChI is InChI=1S/C21H12Br2F3NO3S/c22-16-2-1-3-17(23)20(16)30-13-6-9-18-15(10-13)19(11-27-18)31(28,29)14-7-4-12(5-8-14)21(24,25)26/h1-11,27H. The van der Waals surface area contributed by atoms with Gasteiger partial charge in [-0.2, -0.15) is 13.2 Å². The molecule has 0 saturated carbocycles. The lowest BCUT2D eigenvalue weighted by atomic mass is 10.2. The lowest BCUT2D eigenvalue weighted by molar-refractivity contribution is -0.137. The second-order valence-corrected chi connectivity index (χ2v) is 10.2. The van der Waals surface area contributed by atoms with Crippen LogP contribution in [0.4, 0.5) is 13.2 Å². The maximum Gasteiger partial charge on any atom is 0.416 e. The highest BCUT2D eigenvalue weighted by molar-refractivity contribution is 9.11. The lowest BCUT2D eigenvalue weighted by Crippen LogP contribution is -2.06. The summed E-state index contributed by atoms with van der Waals surface area (Å²) in [5.74, 6) is 0.910. The minimum Gasteiger partial charge on any atom is -0.455 e. The molecule has 0 aliphatic carbocycles. The molecule has 0 aliphatic heterocycles. The SMILES string of the molecule is O=S(=O)(c1ccc(C(F)(F)F)cc1)c1c[nH]c2ccc(Oc3c(Br)cccc3Br)cc12. The Morgan fingerprint density at radius 2 is 1.55 bits per heavy atom. The Morgan fingerprint density at radius 1 is 0.903 bits per heavy atom. The van der Waals surface area contributed by atoms with Crippen molar-refractivity contribution in [1.29, 1.82) is 0 Å². The third-order valence-electron chi connectivity index (χ3n) is 4.54. The first-order chi connectivity index (χ1) is 14.6. The Hall–Kier alpha value is -2.30. The van der Waals surface area contributed by atoms with Gasteiger partial charge in [-0.15, -0.1) is 0 Å². The summed E-state index contributed by atoms with van der Waals surface area (Å²) in [6.07, 6.45) is -3.23. The summed E-state index contributed by atoms with van der Waals surface area (Å²) in [7, 11) is -4.06. The Bertz CT molecular complexity index is 1360. The Morgan fingerprint density at radius 3 is 2.16 bits per heavy atom. The normalized spacial score (nSPS) is 12.3.